The zero-order chi connectivity index (χ0) is 26.8. The Labute approximate surface area is 227 Å². The predicted molar refractivity (Wildman–Crippen MR) is 155 cm³/mol. The number of pyridine rings is 1. The molecule has 39 heavy (non-hydrogen) atoms. The van der Waals surface area contributed by atoms with Crippen LogP contribution in [-0.4, -0.2) is 61.4 Å². The maximum atomic E-state index is 14.1. The first-order valence-corrected chi connectivity index (χ1v) is 13.7. The fourth-order valence-corrected chi connectivity index (χ4v) is 5.71. The number of fused-ring (bicyclic) bond motifs is 2. The van der Waals surface area contributed by atoms with Crippen LogP contribution < -0.4 is 10.5 Å². The molecule has 3 heterocycles. The molecule has 2 aliphatic heterocycles. The minimum atomic E-state index is -0.567. The molecule has 4 aromatic rings. The van der Waals surface area contributed by atoms with Gasteiger partial charge in [-0.3, -0.25) is 9.69 Å². The zero-order valence-electron chi connectivity index (χ0n) is 22.3. The van der Waals surface area contributed by atoms with Crippen LogP contribution in [0.2, 0.25) is 0 Å². The SMILES string of the molecule is CCOC(=O)c1c(N2CCN(CC3=CCCO3)CC2)c2ccccc2n(Cc2ccc3ccccc3c2)c1=O. The number of benzene rings is 3. The monoisotopic (exact) mass is 523 g/mol. The molecule has 1 aromatic heterocycles. The maximum Gasteiger partial charge on any atom is 0.345 e. The molecule has 0 aliphatic carbocycles. The minimum Gasteiger partial charge on any atom is -0.497 e. The number of nitrogens with zero attached hydrogens (tertiary/aromatic N) is 3. The first kappa shape index (κ1) is 25.2. The van der Waals surface area contributed by atoms with Crippen LogP contribution in [0.5, 0.6) is 0 Å². The van der Waals surface area contributed by atoms with E-state index in [0.717, 1.165) is 65.7 Å². The van der Waals surface area contributed by atoms with Gasteiger partial charge in [-0.05, 0) is 41.5 Å². The standard InChI is InChI=1S/C32H33N3O4/c1-2-38-32(37)29-30(34-17-15-33(16-18-34)22-26-10-7-19-39-26)27-11-5-6-12-28(27)35(31(29)36)21-23-13-14-24-8-3-4-9-25(24)20-23/h3-6,8-14,20H,2,7,15-19,21-22H2,1H3. The van der Waals surface area contributed by atoms with E-state index in [1.807, 2.05) is 42.5 Å². The molecule has 0 saturated carbocycles. The Kier molecular flexibility index (Phi) is 7.07. The van der Waals surface area contributed by atoms with Crippen molar-refractivity contribution in [2.45, 2.75) is 19.9 Å². The van der Waals surface area contributed by atoms with E-state index < -0.39 is 5.97 Å². The predicted octanol–water partition coefficient (Wildman–Crippen LogP) is 4.81. The van der Waals surface area contributed by atoms with Crippen LogP contribution in [0.1, 0.15) is 29.3 Å². The highest BCUT2D eigenvalue weighted by atomic mass is 16.5. The van der Waals surface area contributed by atoms with Crippen LogP contribution >= 0.6 is 0 Å². The minimum absolute atomic E-state index is 0.117. The molecule has 6 rings (SSSR count). The van der Waals surface area contributed by atoms with Gasteiger partial charge in [0.2, 0.25) is 0 Å². The molecule has 7 heteroatoms. The van der Waals surface area contributed by atoms with Crippen LogP contribution in [0.25, 0.3) is 21.7 Å². The highest BCUT2D eigenvalue weighted by molar-refractivity contribution is 6.05. The third kappa shape index (κ3) is 5.02. The van der Waals surface area contributed by atoms with E-state index in [-0.39, 0.29) is 17.7 Å². The third-order valence-corrected chi connectivity index (χ3v) is 7.63. The number of carbonyl (C=O) groups excluding carboxylic acids is 1. The fraction of sp³-hybridized carbons (Fsp3) is 0.312. The third-order valence-electron chi connectivity index (χ3n) is 7.63. The first-order chi connectivity index (χ1) is 19.1. The molecule has 0 atom stereocenters. The van der Waals surface area contributed by atoms with E-state index in [1.165, 1.54) is 0 Å². The molecule has 3 aromatic carbocycles. The van der Waals surface area contributed by atoms with Crippen molar-refractivity contribution in [3.63, 3.8) is 0 Å². The number of rotatable bonds is 7. The average Bonchev–Trinajstić information content (AvgIpc) is 3.48. The molecule has 0 unspecified atom stereocenters. The molecule has 0 spiro atoms. The Balaban J connectivity index is 1.40. The second-order valence-corrected chi connectivity index (χ2v) is 10.1. The maximum absolute atomic E-state index is 14.1. The molecule has 7 nitrogen and oxygen atoms in total. The van der Waals surface area contributed by atoms with Crippen molar-refractivity contribution < 1.29 is 14.3 Å². The lowest BCUT2D eigenvalue weighted by Gasteiger charge is -2.37. The van der Waals surface area contributed by atoms with Crippen molar-refractivity contribution in [3.05, 3.63) is 100 Å². The molecule has 1 fully saturated rings. The quantitative estimate of drug-likeness (QED) is 0.324. The Morgan fingerprint density at radius 1 is 0.923 bits per heavy atom. The molecule has 200 valence electrons. The molecule has 0 amide bonds. The summed E-state index contributed by atoms with van der Waals surface area (Å²) in [6.45, 7) is 6.94. The number of aromatic nitrogens is 1. The molecule has 1 saturated heterocycles. The lowest BCUT2D eigenvalue weighted by Crippen LogP contribution is -2.48. The molecule has 0 radical (unpaired) electrons. The molecule has 0 bridgehead atoms. The Morgan fingerprint density at radius 3 is 2.46 bits per heavy atom. The Bertz CT molecular complexity index is 1620. The molecular weight excluding hydrogens is 490 g/mol. The second-order valence-electron chi connectivity index (χ2n) is 10.1. The van der Waals surface area contributed by atoms with Gasteiger partial charge in [0.1, 0.15) is 11.3 Å². The van der Waals surface area contributed by atoms with E-state index in [1.54, 1.807) is 11.5 Å². The largest absolute Gasteiger partial charge is 0.497 e. The highest BCUT2D eigenvalue weighted by Crippen LogP contribution is 2.31. The van der Waals surface area contributed by atoms with Gasteiger partial charge in [0.25, 0.3) is 5.56 Å². The normalized spacial score (nSPS) is 15.9. The number of carbonyl (C=O) groups is 1. The van der Waals surface area contributed by atoms with Gasteiger partial charge in [0.05, 0.1) is 37.5 Å². The van der Waals surface area contributed by atoms with Crippen LogP contribution in [0.15, 0.2) is 83.4 Å². The summed E-state index contributed by atoms with van der Waals surface area (Å²) >= 11 is 0. The number of hydrogen-bond acceptors (Lipinski definition) is 6. The van der Waals surface area contributed by atoms with Gasteiger partial charge in [0.15, 0.2) is 0 Å². The zero-order valence-corrected chi connectivity index (χ0v) is 22.3. The van der Waals surface area contributed by atoms with E-state index in [4.69, 9.17) is 9.47 Å². The summed E-state index contributed by atoms with van der Waals surface area (Å²) in [6.07, 6.45) is 3.13. The lowest BCUT2D eigenvalue weighted by atomic mass is 10.0. The Morgan fingerprint density at radius 2 is 1.69 bits per heavy atom. The fourth-order valence-electron chi connectivity index (χ4n) is 5.71. The Hall–Kier alpha value is -4.10. The van der Waals surface area contributed by atoms with Gasteiger partial charge in [-0.1, -0.05) is 54.6 Å². The second kappa shape index (κ2) is 10.9. The summed E-state index contributed by atoms with van der Waals surface area (Å²) < 4.78 is 12.9. The van der Waals surface area contributed by atoms with Crippen LogP contribution in [0.3, 0.4) is 0 Å². The van der Waals surface area contributed by atoms with E-state index in [9.17, 15) is 9.59 Å². The van der Waals surface area contributed by atoms with Gasteiger partial charge in [0, 0.05) is 38.0 Å². The topological polar surface area (TPSA) is 64.0 Å². The number of para-hydroxylation sites is 1. The molecule has 0 N–H and O–H groups in total. The van der Waals surface area contributed by atoms with Gasteiger partial charge < -0.3 is 18.9 Å². The number of piperazine rings is 1. The van der Waals surface area contributed by atoms with Gasteiger partial charge >= 0.3 is 5.97 Å². The number of esters is 1. The van der Waals surface area contributed by atoms with Crippen molar-refractivity contribution in [3.8, 4) is 0 Å². The molecular formula is C32H33N3O4. The van der Waals surface area contributed by atoms with Crippen molar-refractivity contribution in [2.24, 2.45) is 0 Å². The van der Waals surface area contributed by atoms with Crippen molar-refractivity contribution in [2.75, 3.05) is 50.8 Å². The summed E-state index contributed by atoms with van der Waals surface area (Å²) in [4.78, 5) is 32.0. The van der Waals surface area contributed by atoms with Crippen molar-refractivity contribution >= 4 is 33.3 Å². The van der Waals surface area contributed by atoms with Crippen molar-refractivity contribution in [1.29, 1.82) is 0 Å². The van der Waals surface area contributed by atoms with Gasteiger partial charge in [-0.25, -0.2) is 4.79 Å². The van der Waals surface area contributed by atoms with E-state index >= 15 is 0 Å². The number of ether oxygens (including phenoxy) is 2. The van der Waals surface area contributed by atoms with Crippen LogP contribution in [0, 0.1) is 0 Å². The number of anilines is 1. The van der Waals surface area contributed by atoms with Gasteiger partial charge in [-0.2, -0.15) is 0 Å². The summed E-state index contributed by atoms with van der Waals surface area (Å²) in [5, 5.41) is 3.15. The summed E-state index contributed by atoms with van der Waals surface area (Å²) in [5.41, 5.74) is 2.29. The summed E-state index contributed by atoms with van der Waals surface area (Å²) in [5.74, 6) is 0.472. The van der Waals surface area contributed by atoms with Crippen LogP contribution in [-0.2, 0) is 16.0 Å². The highest BCUT2D eigenvalue weighted by Gasteiger charge is 2.29. The van der Waals surface area contributed by atoms with Gasteiger partial charge in [-0.15, -0.1) is 0 Å². The van der Waals surface area contributed by atoms with E-state index in [2.05, 4.69) is 40.1 Å². The lowest BCUT2D eigenvalue weighted by molar-refractivity contribution is 0.0524. The summed E-state index contributed by atoms with van der Waals surface area (Å²) in [6, 6.07) is 22.3. The van der Waals surface area contributed by atoms with E-state index in [0.29, 0.717) is 25.3 Å². The smallest absolute Gasteiger partial charge is 0.345 e. The van der Waals surface area contributed by atoms with Crippen molar-refractivity contribution in [1.82, 2.24) is 9.47 Å². The average molecular weight is 524 g/mol. The molecule has 2 aliphatic rings. The summed E-state index contributed by atoms with van der Waals surface area (Å²) in [7, 11) is 0. The van der Waals surface area contributed by atoms with Crippen LogP contribution in [0.4, 0.5) is 5.69 Å². The first-order valence-electron chi connectivity index (χ1n) is 13.7. The number of hydrogen-bond donors (Lipinski definition) is 0.